The number of rotatable bonds is 5. The van der Waals surface area contributed by atoms with Crippen LogP contribution in [0, 0.1) is 0 Å². The molecule has 16 heavy (non-hydrogen) atoms. The number of aromatic carboxylic acids is 1. The van der Waals surface area contributed by atoms with Gasteiger partial charge in [-0.1, -0.05) is 0 Å². The maximum atomic E-state index is 10.9. The van der Waals surface area contributed by atoms with Gasteiger partial charge in [-0.2, -0.15) is 0 Å². The number of nitrogens with two attached hydrogens (primary N) is 1. The lowest BCUT2D eigenvalue weighted by atomic mass is 10.3. The van der Waals surface area contributed by atoms with Gasteiger partial charge in [-0.25, -0.2) is 4.79 Å². The van der Waals surface area contributed by atoms with E-state index in [4.69, 9.17) is 15.3 Å². The number of anilines is 1. The number of amides is 1. The molecule has 0 atom stereocenters. The second kappa shape index (κ2) is 4.69. The largest absolute Gasteiger partial charge is 0.475 e. The smallest absolute Gasteiger partial charge is 0.371 e. The van der Waals surface area contributed by atoms with E-state index < -0.39 is 11.9 Å². The van der Waals surface area contributed by atoms with Crippen molar-refractivity contribution in [2.45, 2.75) is 19.9 Å². The summed E-state index contributed by atoms with van der Waals surface area (Å²) in [5, 5.41) is 8.70. The highest BCUT2D eigenvalue weighted by Gasteiger charge is 2.18. The number of carbonyl (C=O) groups is 2. The van der Waals surface area contributed by atoms with Crippen LogP contribution in [-0.4, -0.2) is 29.6 Å². The molecule has 88 valence electrons. The van der Waals surface area contributed by atoms with Gasteiger partial charge in [0.15, 0.2) is 5.88 Å². The Hall–Kier alpha value is -1.98. The number of carboxylic acid groups (broad SMARTS) is 1. The average Bonchev–Trinajstić information content (AvgIpc) is 2.61. The van der Waals surface area contributed by atoms with Crippen LogP contribution in [0.1, 0.15) is 24.4 Å². The third kappa shape index (κ3) is 2.75. The summed E-state index contributed by atoms with van der Waals surface area (Å²) in [6.07, 6.45) is 0. The molecule has 0 aromatic carbocycles. The second-order valence-corrected chi connectivity index (χ2v) is 3.63. The van der Waals surface area contributed by atoms with Crippen molar-refractivity contribution >= 4 is 17.8 Å². The molecule has 0 radical (unpaired) electrons. The molecule has 1 heterocycles. The predicted octanol–water partition coefficient (Wildman–Crippen LogP) is 0.678. The van der Waals surface area contributed by atoms with Crippen molar-refractivity contribution in [3.8, 4) is 0 Å². The fraction of sp³-hybridized carbons (Fsp3) is 0.400. The molecule has 6 heteroatoms. The van der Waals surface area contributed by atoms with E-state index in [0.717, 1.165) is 0 Å². The molecule has 0 aliphatic carbocycles. The third-order valence-electron chi connectivity index (χ3n) is 2.04. The first-order chi connectivity index (χ1) is 7.41. The van der Waals surface area contributed by atoms with Gasteiger partial charge < -0.3 is 20.2 Å². The highest BCUT2D eigenvalue weighted by molar-refractivity contribution is 5.85. The fourth-order valence-corrected chi connectivity index (χ4v) is 1.28. The maximum Gasteiger partial charge on any atom is 0.371 e. The summed E-state index contributed by atoms with van der Waals surface area (Å²) >= 11 is 0. The number of furan rings is 1. The fourth-order valence-electron chi connectivity index (χ4n) is 1.28. The molecular weight excluding hydrogens is 212 g/mol. The Morgan fingerprint density at radius 1 is 1.50 bits per heavy atom. The topological polar surface area (TPSA) is 96.8 Å². The Morgan fingerprint density at radius 3 is 2.50 bits per heavy atom. The SMILES string of the molecule is CC(C)N(CC(N)=O)c1ccc(C(=O)O)o1. The van der Waals surface area contributed by atoms with Crippen molar-refractivity contribution in [1.82, 2.24) is 0 Å². The predicted molar refractivity (Wildman–Crippen MR) is 57.3 cm³/mol. The van der Waals surface area contributed by atoms with E-state index in [1.165, 1.54) is 12.1 Å². The number of hydrogen-bond donors (Lipinski definition) is 2. The van der Waals surface area contributed by atoms with Crippen LogP contribution in [-0.2, 0) is 4.79 Å². The van der Waals surface area contributed by atoms with E-state index in [9.17, 15) is 9.59 Å². The van der Waals surface area contributed by atoms with Gasteiger partial charge in [-0.3, -0.25) is 4.79 Å². The van der Waals surface area contributed by atoms with E-state index in [-0.39, 0.29) is 18.3 Å². The molecule has 0 unspecified atom stereocenters. The number of nitrogens with zero attached hydrogens (tertiary/aromatic N) is 1. The summed E-state index contributed by atoms with van der Waals surface area (Å²) in [7, 11) is 0. The molecule has 1 aromatic rings. The van der Waals surface area contributed by atoms with Gasteiger partial charge in [-0.15, -0.1) is 0 Å². The van der Waals surface area contributed by atoms with Crippen molar-refractivity contribution in [3.63, 3.8) is 0 Å². The molecule has 0 spiro atoms. The standard InChI is InChI=1S/C10H14N2O4/c1-6(2)12(5-8(11)13)9-4-3-7(16-9)10(14)15/h3-4,6H,5H2,1-2H3,(H2,11,13)(H,14,15). The van der Waals surface area contributed by atoms with Gasteiger partial charge in [0.1, 0.15) is 0 Å². The Bertz CT molecular complexity index is 397. The van der Waals surface area contributed by atoms with Crippen LogP contribution in [0.3, 0.4) is 0 Å². The van der Waals surface area contributed by atoms with Crippen LogP contribution < -0.4 is 10.6 Å². The number of carbonyl (C=O) groups excluding carboxylic acids is 1. The van der Waals surface area contributed by atoms with Crippen LogP contribution >= 0.6 is 0 Å². The summed E-state index contributed by atoms with van der Waals surface area (Å²) in [6.45, 7) is 3.70. The summed E-state index contributed by atoms with van der Waals surface area (Å²) in [5.74, 6) is -1.48. The van der Waals surface area contributed by atoms with Gasteiger partial charge in [0, 0.05) is 12.1 Å². The zero-order chi connectivity index (χ0) is 12.3. The molecule has 0 saturated carbocycles. The van der Waals surface area contributed by atoms with E-state index in [2.05, 4.69) is 0 Å². The first-order valence-electron chi connectivity index (χ1n) is 4.80. The first kappa shape index (κ1) is 12.1. The summed E-state index contributed by atoms with van der Waals surface area (Å²) in [4.78, 5) is 23.1. The number of carboxylic acids is 1. The van der Waals surface area contributed by atoms with Gasteiger partial charge in [0.2, 0.25) is 11.7 Å². The van der Waals surface area contributed by atoms with Crippen LogP contribution in [0.15, 0.2) is 16.5 Å². The van der Waals surface area contributed by atoms with Crippen molar-refractivity contribution in [2.75, 3.05) is 11.4 Å². The van der Waals surface area contributed by atoms with Crippen LogP contribution in [0.5, 0.6) is 0 Å². The Balaban J connectivity index is 2.92. The molecule has 0 saturated heterocycles. The van der Waals surface area contributed by atoms with Crippen molar-refractivity contribution in [1.29, 1.82) is 0 Å². The van der Waals surface area contributed by atoms with Crippen LogP contribution in [0.25, 0.3) is 0 Å². The molecule has 0 aliphatic rings. The molecule has 6 nitrogen and oxygen atoms in total. The molecule has 1 rings (SSSR count). The monoisotopic (exact) mass is 226 g/mol. The molecular formula is C10H14N2O4. The normalized spacial score (nSPS) is 10.4. The van der Waals surface area contributed by atoms with Gasteiger partial charge in [-0.05, 0) is 19.9 Å². The molecule has 0 fully saturated rings. The van der Waals surface area contributed by atoms with Crippen LogP contribution in [0.4, 0.5) is 5.88 Å². The highest BCUT2D eigenvalue weighted by atomic mass is 16.4. The van der Waals surface area contributed by atoms with E-state index >= 15 is 0 Å². The average molecular weight is 226 g/mol. The molecule has 1 aromatic heterocycles. The summed E-state index contributed by atoms with van der Waals surface area (Å²) in [6, 6.07) is 2.83. The van der Waals surface area contributed by atoms with Gasteiger partial charge in [0.05, 0.1) is 6.54 Å². The minimum absolute atomic E-state index is 0.00968. The van der Waals surface area contributed by atoms with E-state index in [1.807, 2.05) is 13.8 Å². The van der Waals surface area contributed by atoms with Crippen LogP contribution in [0.2, 0.25) is 0 Å². The first-order valence-corrected chi connectivity index (χ1v) is 4.80. The lowest BCUT2D eigenvalue weighted by Gasteiger charge is -2.24. The summed E-state index contributed by atoms with van der Waals surface area (Å²) < 4.78 is 5.09. The van der Waals surface area contributed by atoms with Crippen molar-refractivity contribution in [3.05, 3.63) is 17.9 Å². The molecule has 3 N–H and O–H groups in total. The molecule has 0 aliphatic heterocycles. The Labute approximate surface area is 92.6 Å². The van der Waals surface area contributed by atoms with Gasteiger partial charge in [0.25, 0.3) is 0 Å². The van der Waals surface area contributed by atoms with E-state index in [0.29, 0.717) is 5.88 Å². The van der Waals surface area contributed by atoms with E-state index in [1.54, 1.807) is 4.90 Å². The number of primary amides is 1. The molecule has 0 bridgehead atoms. The molecule has 1 amide bonds. The Kier molecular flexibility index (Phi) is 3.55. The maximum absolute atomic E-state index is 10.9. The number of hydrogen-bond acceptors (Lipinski definition) is 4. The quantitative estimate of drug-likeness (QED) is 0.769. The van der Waals surface area contributed by atoms with Crippen molar-refractivity contribution in [2.24, 2.45) is 5.73 Å². The lowest BCUT2D eigenvalue weighted by molar-refractivity contribution is -0.116. The minimum atomic E-state index is -1.14. The zero-order valence-electron chi connectivity index (χ0n) is 9.14. The second-order valence-electron chi connectivity index (χ2n) is 3.63. The van der Waals surface area contributed by atoms with Crippen molar-refractivity contribution < 1.29 is 19.1 Å². The zero-order valence-corrected chi connectivity index (χ0v) is 9.14. The summed E-state index contributed by atoms with van der Waals surface area (Å²) in [5.41, 5.74) is 5.10. The lowest BCUT2D eigenvalue weighted by Crippen LogP contribution is -2.38. The highest BCUT2D eigenvalue weighted by Crippen LogP contribution is 2.20. The Morgan fingerprint density at radius 2 is 2.12 bits per heavy atom. The minimum Gasteiger partial charge on any atom is -0.475 e. The third-order valence-corrected chi connectivity index (χ3v) is 2.04. The van der Waals surface area contributed by atoms with Gasteiger partial charge >= 0.3 is 5.97 Å².